The van der Waals surface area contributed by atoms with E-state index in [1.165, 1.54) is 0 Å². The quantitative estimate of drug-likeness (QED) is 0.461. The van der Waals surface area contributed by atoms with Gasteiger partial charge in [-0.25, -0.2) is 9.59 Å². The highest BCUT2D eigenvalue weighted by Crippen LogP contribution is 2.32. The minimum Gasteiger partial charge on any atom is -0.460 e. The molecule has 1 N–H and O–H groups in total. The first-order chi connectivity index (χ1) is 9.87. The van der Waals surface area contributed by atoms with Crippen molar-refractivity contribution >= 4 is 12.1 Å². The lowest BCUT2D eigenvalue weighted by Crippen LogP contribution is -2.47. The number of amides is 1. The van der Waals surface area contributed by atoms with Crippen LogP contribution in [0.1, 0.15) is 33.6 Å². The van der Waals surface area contributed by atoms with Crippen LogP contribution in [0.15, 0.2) is 12.2 Å². The zero-order valence-electron chi connectivity index (χ0n) is 13.1. The predicted molar refractivity (Wildman–Crippen MR) is 77.9 cm³/mol. The standard InChI is InChI=1S/C15H25NO5/c1-11(2)13(17)20-10-7-16-14(18)21-15(12(3)4)5-8-19-9-6-15/h12H,1,5-10H2,2-4H3,(H,16,18). The smallest absolute Gasteiger partial charge is 0.407 e. The summed E-state index contributed by atoms with van der Waals surface area (Å²) in [5, 5.41) is 2.60. The molecule has 0 bridgehead atoms. The summed E-state index contributed by atoms with van der Waals surface area (Å²) in [5.74, 6) is -0.248. The fraction of sp³-hybridized carbons (Fsp3) is 0.733. The van der Waals surface area contributed by atoms with Gasteiger partial charge in [0, 0.05) is 18.4 Å². The summed E-state index contributed by atoms with van der Waals surface area (Å²) in [7, 11) is 0. The molecule has 6 nitrogen and oxygen atoms in total. The van der Waals surface area contributed by atoms with Crippen molar-refractivity contribution in [2.75, 3.05) is 26.4 Å². The Morgan fingerprint density at radius 2 is 1.95 bits per heavy atom. The Kier molecular flexibility index (Phi) is 6.68. The largest absolute Gasteiger partial charge is 0.460 e. The first-order valence-corrected chi connectivity index (χ1v) is 7.24. The summed E-state index contributed by atoms with van der Waals surface area (Å²) < 4.78 is 15.8. The van der Waals surface area contributed by atoms with Crippen molar-refractivity contribution in [3.05, 3.63) is 12.2 Å². The van der Waals surface area contributed by atoms with Crippen molar-refractivity contribution in [3.63, 3.8) is 0 Å². The zero-order valence-corrected chi connectivity index (χ0v) is 13.1. The molecule has 1 saturated heterocycles. The number of esters is 1. The molecule has 1 amide bonds. The molecule has 120 valence electrons. The van der Waals surface area contributed by atoms with Crippen LogP contribution in [-0.4, -0.2) is 44.0 Å². The summed E-state index contributed by atoms with van der Waals surface area (Å²) in [4.78, 5) is 23.0. The molecule has 0 unspecified atom stereocenters. The molecule has 1 rings (SSSR count). The molecule has 0 aromatic rings. The van der Waals surface area contributed by atoms with E-state index in [0.29, 0.717) is 31.6 Å². The predicted octanol–water partition coefficient (Wildman–Crippen LogP) is 2.04. The van der Waals surface area contributed by atoms with E-state index in [9.17, 15) is 9.59 Å². The second kappa shape index (κ2) is 8.02. The molecule has 1 heterocycles. The van der Waals surface area contributed by atoms with Crippen LogP contribution < -0.4 is 5.32 Å². The molecule has 0 saturated carbocycles. The number of nitrogens with one attached hydrogen (secondary N) is 1. The van der Waals surface area contributed by atoms with Crippen molar-refractivity contribution in [2.24, 2.45) is 5.92 Å². The van der Waals surface area contributed by atoms with Gasteiger partial charge in [0.2, 0.25) is 0 Å². The van der Waals surface area contributed by atoms with Crippen LogP contribution in [0.25, 0.3) is 0 Å². The topological polar surface area (TPSA) is 73.9 Å². The van der Waals surface area contributed by atoms with Crippen LogP contribution in [0.2, 0.25) is 0 Å². The van der Waals surface area contributed by atoms with Gasteiger partial charge in [-0.3, -0.25) is 0 Å². The Balaban J connectivity index is 2.34. The number of alkyl carbamates (subject to hydrolysis) is 1. The van der Waals surface area contributed by atoms with E-state index in [4.69, 9.17) is 14.2 Å². The molecule has 6 heteroatoms. The van der Waals surface area contributed by atoms with E-state index in [-0.39, 0.29) is 19.1 Å². The van der Waals surface area contributed by atoms with Gasteiger partial charge in [-0.2, -0.15) is 0 Å². The van der Waals surface area contributed by atoms with Gasteiger partial charge in [0.05, 0.1) is 19.8 Å². The van der Waals surface area contributed by atoms with E-state index in [1.54, 1.807) is 6.92 Å². The Bertz CT molecular complexity index is 386. The summed E-state index contributed by atoms with van der Waals surface area (Å²) in [6, 6.07) is 0. The van der Waals surface area contributed by atoms with Crippen molar-refractivity contribution < 1.29 is 23.8 Å². The Hall–Kier alpha value is -1.56. The summed E-state index contributed by atoms with van der Waals surface area (Å²) in [6.45, 7) is 10.6. The fourth-order valence-corrected chi connectivity index (χ4v) is 2.15. The lowest BCUT2D eigenvalue weighted by atomic mass is 9.83. The lowest BCUT2D eigenvalue weighted by molar-refractivity contribution is -0.138. The minimum atomic E-state index is -0.489. The highest BCUT2D eigenvalue weighted by atomic mass is 16.6. The van der Waals surface area contributed by atoms with Gasteiger partial charge in [0.15, 0.2) is 0 Å². The van der Waals surface area contributed by atoms with Crippen LogP contribution in [0, 0.1) is 5.92 Å². The molecule has 0 radical (unpaired) electrons. The summed E-state index contributed by atoms with van der Waals surface area (Å²) in [5.41, 5.74) is -0.143. The Morgan fingerprint density at radius 3 is 2.48 bits per heavy atom. The zero-order chi connectivity index (χ0) is 15.9. The van der Waals surface area contributed by atoms with E-state index < -0.39 is 17.7 Å². The van der Waals surface area contributed by atoms with E-state index in [0.717, 1.165) is 0 Å². The van der Waals surface area contributed by atoms with Gasteiger partial charge in [-0.15, -0.1) is 0 Å². The maximum atomic E-state index is 11.9. The van der Waals surface area contributed by atoms with Crippen LogP contribution in [0.5, 0.6) is 0 Å². The van der Waals surface area contributed by atoms with Gasteiger partial charge in [-0.1, -0.05) is 20.4 Å². The fourth-order valence-electron chi connectivity index (χ4n) is 2.15. The maximum absolute atomic E-state index is 11.9. The highest BCUT2D eigenvalue weighted by molar-refractivity contribution is 5.86. The van der Waals surface area contributed by atoms with Crippen LogP contribution in [0.4, 0.5) is 4.79 Å². The number of hydrogen-bond donors (Lipinski definition) is 1. The number of rotatable bonds is 6. The third kappa shape index (κ3) is 5.38. The molecule has 0 atom stereocenters. The highest BCUT2D eigenvalue weighted by Gasteiger charge is 2.39. The first-order valence-electron chi connectivity index (χ1n) is 7.24. The molecule has 0 aromatic carbocycles. The summed E-state index contributed by atoms with van der Waals surface area (Å²) in [6.07, 6.45) is 0.905. The lowest BCUT2D eigenvalue weighted by Gasteiger charge is -2.39. The SMILES string of the molecule is C=C(C)C(=O)OCCNC(=O)OC1(C(C)C)CCOCC1. The Morgan fingerprint density at radius 1 is 1.33 bits per heavy atom. The normalized spacial score (nSPS) is 17.1. The molecule has 1 aliphatic heterocycles. The van der Waals surface area contributed by atoms with Crippen molar-refractivity contribution in [3.8, 4) is 0 Å². The third-order valence-corrected chi connectivity index (χ3v) is 3.64. The summed E-state index contributed by atoms with van der Waals surface area (Å²) >= 11 is 0. The van der Waals surface area contributed by atoms with Gasteiger partial charge >= 0.3 is 12.1 Å². The number of carbonyl (C=O) groups is 2. The second-order valence-electron chi connectivity index (χ2n) is 5.56. The number of hydrogen-bond acceptors (Lipinski definition) is 5. The van der Waals surface area contributed by atoms with Crippen LogP contribution in [-0.2, 0) is 19.0 Å². The van der Waals surface area contributed by atoms with Crippen LogP contribution >= 0.6 is 0 Å². The first kappa shape index (κ1) is 17.5. The van der Waals surface area contributed by atoms with Gasteiger partial charge in [0.25, 0.3) is 0 Å². The molecule has 21 heavy (non-hydrogen) atoms. The molecule has 0 spiro atoms. The van der Waals surface area contributed by atoms with E-state index in [1.807, 2.05) is 13.8 Å². The average Bonchev–Trinajstić information content (AvgIpc) is 2.44. The molecule has 0 aromatic heterocycles. The molecular weight excluding hydrogens is 274 g/mol. The number of ether oxygens (including phenoxy) is 3. The maximum Gasteiger partial charge on any atom is 0.407 e. The van der Waals surface area contributed by atoms with E-state index in [2.05, 4.69) is 11.9 Å². The van der Waals surface area contributed by atoms with Gasteiger partial charge in [-0.05, 0) is 12.8 Å². The average molecular weight is 299 g/mol. The van der Waals surface area contributed by atoms with Crippen LogP contribution in [0.3, 0.4) is 0 Å². The second-order valence-corrected chi connectivity index (χ2v) is 5.56. The van der Waals surface area contributed by atoms with E-state index >= 15 is 0 Å². The van der Waals surface area contributed by atoms with Crippen molar-refractivity contribution in [1.29, 1.82) is 0 Å². The van der Waals surface area contributed by atoms with Crippen molar-refractivity contribution in [1.82, 2.24) is 5.32 Å². The third-order valence-electron chi connectivity index (χ3n) is 3.64. The monoisotopic (exact) mass is 299 g/mol. The van der Waals surface area contributed by atoms with Gasteiger partial charge < -0.3 is 19.5 Å². The van der Waals surface area contributed by atoms with Crippen molar-refractivity contribution in [2.45, 2.75) is 39.2 Å². The minimum absolute atomic E-state index is 0.0958. The molecule has 0 aliphatic carbocycles. The van der Waals surface area contributed by atoms with Gasteiger partial charge in [0.1, 0.15) is 12.2 Å². The molecular formula is C15H25NO5. The Labute approximate surface area is 125 Å². The molecule has 1 fully saturated rings. The number of carbonyl (C=O) groups excluding carboxylic acids is 2. The molecule has 1 aliphatic rings.